The van der Waals surface area contributed by atoms with Gasteiger partial charge in [-0.2, -0.15) is 0 Å². The van der Waals surface area contributed by atoms with Crippen molar-refractivity contribution in [1.82, 2.24) is 5.32 Å². The van der Waals surface area contributed by atoms with Crippen LogP contribution in [-0.2, 0) is 4.79 Å². The summed E-state index contributed by atoms with van der Waals surface area (Å²) in [5.41, 5.74) is 0. The fourth-order valence-corrected chi connectivity index (χ4v) is 0.304. The molecule has 0 heterocycles. The quantitative estimate of drug-likeness (QED) is 0.490. The van der Waals surface area contributed by atoms with Crippen molar-refractivity contribution in [1.29, 1.82) is 0 Å². The molecule has 1 amide bonds. The first-order chi connectivity index (χ1) is 3.66. The molecule has 0 aromatic rings. The predicted octanol–water partition coefficient (Wildman–Crippen LogP) is 0.390. The van der Waals surface area contributed by atoms with Crippen LogP contribution in [0.15, 0.2) is 0 Å². The van der Waals surface area contributed by atoms with Crippen LogP contribution in [0.25, 0.3) is 0 Å². The number of hydrogen-bond donors (Lipinski definition) is 1. The first-order valence-corrected chi connectivity index (χ1v) is 2.44. The lowest BCUT2D eigenvalue weighted by Gasteiger charge is -2.01. The Morgan fingerprint density at radius 1 is 1.88 bits per heavy atom. The average molecular weight is 113 g/mol. The zero-order valence-corrected chi connectivity index (χ0v) is 5.06. The highest BCUT2D eigenvalue weighted by molar-refractivity contribution is 5.92. The summed E-state index contributed by atoms with van der Waals surface area (Å²) in [7, 11) is 0. The molecule has 0 aliphatic rings. The van der Waals surface area contributed by atoms with E-state index >= 15 is 0 Å². The van der Waals surface area contributed by atoms with Crippen molar-refractivity contribution in [3.05, 3.63) is 0 Å². The molecule has 0 aromatic carbocycles. The molecule has 0 saturated carbocycles. The Labute approximate surface area is 50.8 Å². The van der Waals surface area contributed by atoms with Gasteiger partial charge in [-0.1, -0.05) is 0 Å². The molecule has 0 aliphatic carbocycles. The van der Waals surface area contributed by atoms with Gasteiger partial charge in [0.25, 0.3) is 5.91 Å². The number of terminal acetylenes is 1. The van der Waals surface area contributed by atoms with Crippen molar-refractivity contribution in [2.75, 3.05) is 0 Å². The molecule has 0 radical (unpaired) electrons. The standard InChI is InChI=1S/C6H9NO.H2/c1-4-6(8)7-5(2)3;/h1,5H,2-3H3,(H,7,8);1H. The molecule has 2 heteroatoms. The number of carbonyl (C=O) groups excluding carboxylic acids is 1. The van der Waals surface area contributed by atoms with Crippen LogP contribution in [0.4, 0.5) is 0 Å². The van der Waals surface area contributed by atoms with E-state index in [9.17, 15) is 4.79 Å². The lowest BCUT2D eigenvalue weighted by atomic mass is 10.4. The van der Waals surface area contributed by atoms with Gasteiger partial charge >= 0.3 is 0 Å². The summed E-state index contributed by atoms with van der Waals surface area (Å²) in [6.07, 6.45) is 4.76. The SMILES string of the molecule is C#CC(=O)NC(C)C.[HH]. The van der Waals surface area contributed by atoms with Crippen molar-refractivity contribution >= 4 is 5.91 Å². The second kappa shape index (κ2) is 3.09. The first kappa shape index (κ1) is 7.03. The molecule has 0 saturated heterocycles. The summed E-state index contributed by atoms with van der Waals surface area (Å²) in [5.74, 6) is 1.60. The minimum Gasteiger partial charge on any atom is -0.343 e. The van der Waals surface area contributed by atoms with E-state index in [1.54, 1.807) is 0 Å². The average Bonchev–Trinajstić information content (AvgIpc) is 1.65. The van der Waals surface area contributed by atoms with Crippen LogP contribution in [0.3, 0.4) is 0 Å². The summed E-state index contributed by atoms with van der Waals surface area (Å²) in [6, 6.07) is 0.138. The molecule has 0 aliphatic heterocycles. The van der Waals surface area contributed by atoms with Gasteiger partial charge in [0.05, 0.1) is 0 Å². The van der Waals surface area contributed by atoms with Crippen LogP contribution >= 0.6 is 0 Å². The maximum absolute atomic E-state index is 10.3. The van der Waals surface area contributed by atoms with Gasteiger partial charge in [-0.3, -0.25) is 4.79 Å². The zero-order chi connectivity index (χ0) is 6.57. The van der Waals surface area contributed by atoms with Gasteiger partial charge in [0.1, 0.15) is 0 Å². The predicted molar refractivity (Wildman–Crippen MR) is 34.2 cm³/mol. The smallest absolute Gasteiger partial charge is 0.295 e. The van der Waals surface area contributed by atoms with Crippen molar-refractivity contribution in [2.45, 2.75) is 19.9 Å². The number of nitrogens with one attached hydrogen (secondary N) is 1. The maximum Gasteiger partial charge on any atom is 0.295 e. The summed E-state index contributed by atoms with van der Waals surface area (Å²) >= 11 is 0. The van der Waals surface area contributed by atoms with Crippen LogP contribution in [0, 0.1) is 12.3 Å². The molecular weight excluding hydrogens is 102 g/mol. The van der Waals surface area contributed by atoms with Crippen molar-refractivity contribution in [2.24, 2.45) is 0 Å². The Hall–Kier alpha value is -0.970. The molecule has 0 unspecified atom stereocenters. The van der Waals surface area contributed by atoms with Crippen LogP contribution < -0.4 is 5.32 Å². The molecule has 0 spiro atoms. The van der Waals surface area contributed by atoms with Gasteiger partial charge in [0.15, 0.2) is 0 Å². The Kier molecular flexibility index (Phi) is 2.71. The van der Waals surface area contributed by atoms with Gasteiger partial charge in [-0.15, -0.1) is 6.42 Å². The van der Waals surface area contributed by atoms with Crippen LogP contribution in [-0.4, -0.2) is 11.9 Å². The Balaban J connectivity index is 0. The van der Waals surface area contributed by atoms with Crippen LogP contribution in [0.1, 0.15) is 15.3 Å². The van der Waals surface area contributed by atoms with E-state index < -0.39 is 0 Å². The highest BCUT2D eigenvalue weighted by Crippen LogP contribution is 1.73. The molecule has 0 rings (SSSR count). The van der Waals surface area contributed by atoms with Crippen molar-refractivity contribution in [3.63, 3.8) is 0 Å². The molecule has 8 heavy (non-hydrogen) atoms. The lowest BCUT2D eigenvalue weighted by molar-refractivity contribution is -0.116. The van der Waals surface area contributed by atoms with E-state index in [0.29, 0.717) is 0 Å². The monoisotopic (exact) mass is 113 g/mol. The molecule has 1 N–H and O–H groups in total. The van der Waals surface area contributed by atoms with Crippen LogP contribution in [0.2, 0.25) is 0 Å². The summed E-state index contributed by atoms with van der Waals surface area (Å²) in [4.78, 5) is 10.3. The molecule has 0 fully saturated rings. The van der Waals surface area contributed by atoms with Gasteiger partial charge in [-0.25, -0.2) is 0 Å². The number of amides is 1. The number of hydrogen-bond acceptors (Lipinski definition) is 1. The fourth-order valence-electron chi connectivity index (χ4n) is 0.304. The molecule has 0 atom stereocenters. The minimum atomic E-state index is -0.347. The highest BCUT2D eigenvalue weighted by atomic mass is 16.1. The number of rotatable bonds is 1. The van der Waals surface area contributed by atoms with Gasteiger partial charge < -0.3 is 5.32 Å². The molecule has 2 nitrogen and oxygen atoms in total. The van der Waals surface area contributed by atoms with Crippen molar-refractivity contribution < 1.29 is 6.22 Å². The topological polar surface area (TPSA) is 29.1 Å². The highest BCUT2D eigenvalue weighted by Gasteiger charge is 1.94. The van der Waals surface area contributed by atoms with E-state index in [4.69, 9.17) is 6.42 Å². The third-order valence-electron chi connectivity index (χ3n) is 0.551. The third-order valence-corrected chi connectivity index (χ3v) is 0.551. The molecule has 46 valence electrons. The molecule has 0 bridgehead atoms. The van der Waals surface area contributed by atoms with Crippen LogP contribution in [0.5, 0.6) is 0 Å². The van der Waals surface area contributed by atoms with Gasteiger partial charge in [-0.05, 0) is 19.8 Å². The Morgan fingerprint density at radius 2 is 2.38 bits per heavy atom. The Bertz CT molecular complexity index is 126. The summed E-state index contributed by atoms with van der Waals surface area (Å²) in [6.45, 7) is 3.71. The van der Waals surface area contributed by atoms with E-state index in [1.165, 1.54) is 0 Å². The minimum absolute atomic E-state index is 0. The van der Waals surface area contributed by atoms with Gasteiger partial charge in [0, 0.05) is 7.47 Å². The van der Waals surface area contributed by atoms with Crippen molar-refractivity contribution in [3.8, 4) is 12.3 Å². The second-order valence-electron chi connectivity index (χ2n) is 1.77. The summed E-state index contributed by atoms with van der Waals surface area (Å²) in [5, 5.41) is 2.52. The molecule has 0 aromatic heterocycles. The summed E-state index contributed by atoms with van der Waals surface area (Å²) < 4.78 is 0. The largest absolute Gasteiger partial charge is 0.343 e. The zero-order valence-electron chi connectivity index (χ0n) is 5.06. The second-order valence-corrected chi connectivity index (χ2v) is 1.77. The third kappa shape index (κ3) is 3.23. The van der Waals surface area contributed by atoms with E-state index in [-0.39, 0.29) is 13.4 Å². The molecular formula is C6H11NO. The normalized spacial score (nSPS) is 8.25. The fraction of sp³-hybridized carbons (Fsp3) is 0.500. The Morgan fingerprint density at radius 3 is 2.50 bits per heavy atom. The van der Waals surface area contributed by atoms with E-state index in [1.807, 2.05) is 19.8 Å². The number of carbonyl (C=O) groups is 1. The lowest BCUT2D eigenvalue weighted by Crippen LogP contribution is -2.28. The first-order valence-electron chi connectivity index (χ1n) is 2.44. The van der Waals surface area contributed by atoms with E-state index in [0.717, 1.165) is 0 Å². The van der Waals surface area contributed by atoms with E-state index in [2.05, 4.69) is 5.32 Å². The van der Waals surface area contributed by atoms with Gasteiger partial charge in [0.2, 0.25) is 0 Å². The maximum atomic E-state index is 10.3.